The normalized spacial score (nSPS) is 10.1. The number of nitrogens with one attached hydrogen (secondary N) is 2. The van der Waals surface area contributed by atoms with Crippen molar-refractivity contribution in [2.45, 2.75) is 19.9 Å². The molecular formula is C9H13IN4O. The van der Waals surface area contributed by atoms with Gasteiger partial charge in [0.15, 0.2) is 0 Å². The number of halogens is 1. The third kappa shape index (κ3) is 4.91. The summed E-state index contributed by atoms with van der Waals surface area (Å²) in [5.74, 6) is 0.404. The molecule has 15 heavy (non-hydrogen) atoms. The average Bonchev–Trinajstić information content (AvgIpc) is 2.16. The van der Waals surface area contributed by atoms with Crippen molar-refractivity contribution < 1.29 is 4.79 Å². The number of rotatable bonds is 4. The second kappa shape index (κ2) is 5.84. The third-order valence-corrected chi connectivity index (χ3v) is 2.03. The standard InChI is InChI=1S/C9H13IN4O/c1-6(2)14-8(15)5-13-9-11-3-7(10)4-12-9/h3-4,6H,5H2,1-2H3,(H,14,15)(H,11,12,13). The molecule has 1 amide bonds. The van der Waals surface area contributed by atoms with Crippen molar-refractivity contribution >= 4 is 34.4 Å². The summed E-state index contributed by atoms with van der Waals surface area (Å²) >= 11 is 2.12. The van der Waals surface area contributed by atoms with Gasteiger partial charge in [-0.15, -0.1) is 0 Å². The fourth-order valence-corrected chi connectivity index (χ4v) is 1.21. The predicted molar refractivity (Wildman–Crippen MR) is 66.5 cm³/mol. The van der Waals surface area contributed by atoms with Crippen molar-refractivity contribution in [3.8, 4) is 0 Å². The maximum Gasteiger partial charge on any atom is 0.239 e. The number of amides is 1. The summed E-state index contributed by atoms with van der Waals surface area (Å²) in [6, 6.07) is 0.150. The van der Waals surface area contributed by atoms with Crippen LogP contribution in [0.5, 0.6) is 0 Å². The van der Waals surface area contributed by atoms with Gasteiger partial charge in [-0.05, 0) is 36.4 Å². The van der Waals surface area contributed by atoms with Gasteiger partial charge in [-0.1, -0.05) is 0 Å². The molecule has 0 aliphatic carbocycles. The number of carbonyl (C=O) groups excluding carboxylic acids is 1. The van der Waals surface area contributed by atoms with Gasteiger partial charge in [-0.25, -0.2) is 9.97 Å². The van der Waals surface area contributed by atoms with Crippen LogP contribution in [-0.4, -0.2) is 28.5 Å². The van der Waals surface area contributed by atoms with Crippen LogP contribution in [-0.2, 0) is 4.79 Å². The van der Waals surface area contributed by atoms with E-state index < -0.39 is 0 Å². The fourth-order valence-electron chi connectivity index (χ4n) is 0.936. The third-order valence-electron chi connectivity index (χ3n) is 1.48. The molecule has 0 saturated heterocycles. The van der Waals surface area contributed by atoms with Crippen LogP contribution in [0.25, 0.3) is 0 Å². The number of hydrogen-bond donors (Lipinski definition) is 2. The van der Waals surface area contributed by atoms with Crippen LogP contribution in [0.1, 0.15) is 13.8 Å². The molecule has 0 fully saturated rings. The van der Waals surface area contributed by atoms with Crippen LogP contribution in [0.3, 0.4) is 0 Å². The predicted octanol–water partition coefficient (Wildman–Crippen LogP) is 1.02. The van der Waals surface area contributed by atoms with E-state index in [9.17, 15) is 4.79 Å². The molecule has 1 rings (SSSR count). The van der Waals surface area contributed by atoms with Crippen molar-refractivity contribution in [1.82, 2.24) is 15.3 Å². The van der Waals surface area contributed by atoms with Crippen molar-refractivity contribution in [2.24, 2.45) is 0 Å². The Morgan fingerprint density at radius 2 is 2.07 bits per heavy atom. The first-order chi connectivity index (χ1) is 7.08. The second-order valence-corrected chi connectivity index (χ2v) is 4.55. The summed E-state index contributed by atoms with van der Waals surface area (Å²) in [7, 11) is 0. The molecule has 1 aromatic heterocycles. The molecule has 6 heteroatoms. The first kappa shape index (κ1) is 12.2. The second-order valence-electron chi connectivity index (χ2n) is 3.30. The Morgan fingerprint density at radius 1 is 1.47 bits per heavy atom. The number of nitrogens with zero attached hydrogens (tertiary/aromatic N) is 2. The van der Waals surface area contributed by atoms with E-state index in [-0.39, 0.29) is 18.5 Å². The van der Waals surface area contributed by atoms with Crippen molar-refractivity contribution in [3.63, 3.8) is 0 Å². The van der Waals surface area contributed by atoms with Gasteiger partial charge in [-0.2, -0.15) is 0 Å². The zero-order valence-electron chi connectivity index (χ0n) is 8.62. The van der Waals surface area contributed by atoms with E-state index in [0.717, 1.165) is 3.57 Å². The van der Waals surface area contributed by atoms with E-state index in [2.05, 4.69) is 43.2 Å². The lowest BCUT2D eigenvalue weighted by Gasteiger charge is -2.08. The topological polar surface area (TPSA) is 66.9 Å². The Labute approximate surface area is 102 Å². The molecule has 82 valence electrons. The summed E-state index contributed by atoms with van der Waals surface area (Å²) < 4.78 is 0.963. The van der Waals surface area contributed by atoms with E-state index in [1.165, 1.54) is 0 Å². The van der Waals surface area contributed by atoms with E-state index in [1.807, 2.05) is 13.8 Å². The highest BCUT2D eigenvalue weighted by Gasteiger charge is 2.03. The lowest BCUT2D eigenvalue weighted by molar-refractivity contribution is -0.119. The van der Waals surface area contributed by atoms with Crippen LogP contribution >= 0.6 is 22.6 Å². The molecule has 0 bridgehead atoms. The molecule has 0 spiro atoms. The smallest absolute Gasteiger partial charge is 0.239 e. The zero-order valence-corrected chi connectivity index (χ0v) is 10.8. The fraction of sp³-hybridized carbons (Fsp3) is 0.444. The Balaban J connectivity index is 2.37. The van der Waals surface area contributed by atoms with E-state index in [4.69, 9.17) is 0 Å². The highest BCUT2D eigenvalue weighted by atomic mass is 127. The highest BCUT2D eigenvalue weighted by Crippen LogP contribution is 2.01. The molecule has 0 saturated carbocycles. The average molecular weight is 320 g/mol. The van der Waals surface area contributed by atoms with Gasteiger partial charge in [0.05, 0.1) is 6.54 Å². The summed E-state index contributed by atoms with van der Waals surface area (Å²) in [5, 5.41) is 5.61. The van der Waals surface area contributed by atoms with Crippen LogP contribution in [0.2, 0.25) is 0 Å². The number of anilines is 1. The summed E-state index contributed by atoms with van der Waals surface area (Å²) in [6.07, 6.45) is 3.38. The molecule has 0 aliphatic rings. The van der Waals surface area contributed by atoms with Crippen LogP contribution < -0.4 is 10.6 Å². The first-order valence-electron chi connectivity index (χ1n) is 4.58. The molecule has 0 aromatic carbocycles. The first-order valence-corrected chi connectivity index (χ1v) is 5.66. The lowest BCUT2D eigenvalue weighted by Crippen LogP contribution is -2.35. The molecular weight excluding hydrogens is 307 g/mol. The van der Waals surface area contributed by atoms with Gasteiger partial charge in [0.25, 0.3) is 0 Å². The van der Waals surface area contributed by atoms with Crippen molar-refractivity contribution in [3.05, 3.63) is 16.0 Å². The van der Waals surface area contributed by atoms with E-state index >= 15 is 0 Å². The lowest BCUT2D eigenvalue weighted by atomic mass is 10.4. The summed E-state index contributed by atoms with van der Waals surface area (Å²) in [4.78, 5) is 19.3. The largest absolute Gasteiger partial charge is 0.352 e. The summed E-state index contributed by atoms with van der Waals surface area (Å²) in [5.41, 5.74) is 0. The number of aromatic nitrogens is 2. The Hall–Kier alpha value is -0.920. The van der Waals surface area contributed by atoms with Crippen molar-refractivity contribution in [1.29, 1.82) is 0 Å². The molecule has 1 heterocycles. The van der Waals surface area contributed by atoms with E-state index in [0.29, 0.717) is 5.95 Å². The molecule has 0 aliphatic heterocycles. The van der Waals surface area contributed by atoms with Crippen LogP contribution in [0.15, 0.2) is 12.4 Å². The van der Waals surface area contributed by atoms with Gasteiger partial charge in [0.1, 0.15) is 0 Å². The molecule has 2 N–H and O–H groups in total. The minimum absolute atomic E-state index is 0.0628. The molecule has 0 atom stereocenters. The maximum absolute atomic E-state index is 11.3. The minimum Gasteiger partial charge on any atom is -0.352 e. The molecule has 5 nitrogen and oxygen atoms in total. The quantitative estimate of drug-likeness (QED) is 0.813. The monoisotopic (exact) mass is 320 g/mol. The van der Waals surface area contributed by atoms with Gasteiger partial charge in [0, 0.05) is 22.0 Å². The van der Waals surface area contributed by atoms with Crippen LogP contribution in [0, 0.1) is 3.57 Å². The van der Waals surface area contributed by atoms with E-state index in [1.54, 1.807) is 12.4 Å². The van der Waals surface area contributed by atoms with Gasteiger partial charge >= 0.3 is 0 Å². The number of hydrogen-bond acceptors (Lipinski definition) is 4. The Kier molecular flexibility index (Phi) is 4.73. The Bertz CT molecular complexity index is 325. The van der Waals surface area contributed by atoms with Gasteiger partial charge < -0.3 is 10.6 Å². The Morgan fingerprint density at radius 3 is 2.60 bits per heavy atom. The molecule has 0 unspecified atom stereocenters. The van der Waals surface area contributed by atoms with Crippen molar-refractivity contribution in [2.75, 3.05) is 11.9 Å². The summed E-state index contributed by atoms with van der Waals surface area (Å²) in [6.45, 7) is 4.03. The van der Waals surface area contributed by atoms with Gasteiger partial charge in [-0.3, -0.25) is 4.79 Å². The SMILES string of the molecule is CC(C)NC(=O)CNc1ncc(I)cn1. The molecule has 0 radical (unpaired) electrons. The zero-order chi connectivity index (χ0) is 11.3. The maximum atomic E-state index is 11.3. The van der Waals surface area contributed by atoms with Crippen LogP contribution in [0.4, 0.5) is 5.95 Å². The highest BCUT2D eigenvalue weighted by molar-refractivity contribution is 14.1. The molecule has 1 aromatic rings. The van der Waals surface area contributed by atoms with Gasteiger partial charge in [0.2, 0.25) is 11.9 Å². The number of carbonyl (C=O) groups is 1. The minimum atomic E-state index is -0.0628.